The van der Waals surface area contributed by atoms with Crippen molar-refractivity contribution in [1.82, 2.24) is 10.2 Å². The topological polar surface area (TPSA) is 122 Å². The van der Waals surface area contributed by atoms with E-state index < -0.39 is 29.9 Å². The first-order valence-corrected chi connectivity index (χ1v) is 10.7. The Hall–Kier alpha value is -2.97. The molecule has 1 saturated heterocycles. The summed E-state index contributed by atoms with van der Waals surface area (Å²) in [5.74, 6) is -1.49. The van der Waals surface area contributed by atoms with Gasteiger partial charge < -0.3 is 25.8 Å². The molecular weight excluding hydrogens is 457 g/mol. The van der Waals surface area contributed by atoms with Gasteiger partial charge in [-0.1, -0.05) is 35.3 Å². The number of nitrogens with zero attached hydrogens (tertiary/aromatic N) is 1. The minimum Gasteiger partial charge on any atom is -0.495 e. The molecule has 0 saturated carbocycles. The Kier molecular flexibility index (Phi) is 7.48. The zero-order valence-corrected chi connectivity index (χ0v) is 18.8. The minimum atomic E-state index is -0.949. The van der Waals surface area contributed by atoms with Crippen molar-refractivity contribution in [2.45, 2.75) is 25.4 Å². The van der Waals surface area contributed by atoms with Gasteiger partial charge in [0.25, 0.3) is 5.91 Å². The predicted molar refractivity (Wildman–Crippen MR) is 120 cm³/mol. The van der Waals surface area contributed by atoms with E-state index >= 15 is 0 Å². The number of hydrogen-bond donors (Lipinski definition) is 3. The van der Waals surface area contributed by atoms with Crippen LogP contribution in [-0.4, -0.2) is 41.6 Å². The number of carbonyl (C=O) groups is 3. The van der Waals surface area contributed by atoms with E-state index in [4.69, 9.17) is 33.7 Å². The summed E-state index contributed by atoms with van der Waals surface area (Å²) in [6.07, 6.45) is 0.441. The number of halogens is 2. The Morgan fingerprint density at radius 2 is 1.97 bits per heavy atom. The fourth-order valence-corrected chi connectivity index (χ4v) is 4.31. The second-order valence-electron chi connectivity index (χ2n) is 7.49. The minimum absolute atomic E-state index is 0.147. The number of aliphatic carboxylic acids is 1. The molecule has 2 aromatic carbocycles. The maximum absolute atomic E-state index is 13.1. The average molecular weight is 480 g/mol. The van der Waals surface area contributed by atoms with Crippen molar-refractivity contribution < 1.29 is 24.2 Å². The molecule has 1 aliphatic rings. The predicted octanol–water partition coefficient (Wildman–Crippen LogP) is 3.85. The molecule has 170 valence electrons. The Labute approximate surface area is 195 Å². The smallest absolute Gasteiger partial charge is 0.315 e. The lowest BCUT2D eigenvalue weighted by molar-refractivity contribution is -0.143. The number of ether oxygens (including phenoxy) is 1. The number of benzene rings is 2. The maximum atomic E-state index is 13.1. The highest BCUT2D eigenvalue weighted by Gasteiger charge is 2.36. The lowest BCUT2D eigenvalue weighted by atomic mass is 9.85. The van der Waals surface area contributed by atoms with Crippen LogP contribution in [0.15, 0.2) is 36.4 Å². The van der Waals surface area contributed by atoms with Gasteiger partial charge >= 0.3 is 12.0 Å². The van der Waals surface area contributed by atoms with Crippen LogP contribution in [0, 0.1) is 5.92 Å². The molecule has 2 aromatic rings. The van der Waals surface area contributed by atoms with Gasteiger partial charge in [-0.05, 0) is 48.2 Å². The number of piperidine rings is 1. The van der Waals surface area contributed by atoms with Crippen LogP contribution in [0.1, 0.15) is 40.4 Å². The molecule has 0 aliphatic carbocycles. The number of carboxylic acids is 1. The van der Waals surface area contributed by atoms with Crippen LogP contribution >= 0.6 is 23.2 Å². The Balaban J connectivity index is 1.87. The zero-order valence-electron chi connectivity index (χ0n) is 17.3. The van der Waals surface area contributed by atoms with Crippen molar-refractivity contribution >= 4 is 41.1 Å². The van der Waals surface area contributed by atoms with Gasteiger partial charge in [0, 0.05) is 23.7 Å². The second kappa shape index (κ2) is 10.1. The Morgan fingerprint density at radius 1 is 1.22 bits per heavy atom. The van der Waals surface area contributed by atoms with Crippen LogP contribution in [0.2, 0.25) is 10.0 Å². The first-order valence-electron chi connectivity index (χ1n) is 9.90. The summed E-state index contributed by atoms with van der Waals surface area (Å²) in [4.78, 5) is 38.0. The van der Waals surface area contributed by atoms with Gasteiger partial charge in [-0.15, -0.1) is 0 Å². The highest BCUT2D eigenvalue weighted by molar-refractivity contribution is 6.32. The molecule has 3 amide bonds. The number of amides is 3. The van der Waals surface area contributed by atoms with Crippen LogP contribution in [0.5, 0.6) is 5.75 Å². The summed E-state index contributed by atoms with van der Waals surface area (Å²) < 4.78 is 5.13. The average Bonchev–Trinajstić information content (AvgIpc) is 2.77. The molecule has 0 spiro atoms. The summed E-state index contributed by atoms with van der Waals surface area (Å²) in [6.45, 7) is 0.376. The van der Waals surface area contributed by atoms with Gasteiger partial charge in [0.05, 0.1) is 24.1 Å². The summed E-state index contributed by atoms with van der Waals surface area (Å²) >= 11 is 12.3. The molecule has 1 fully saturated rings. The monoisotopic (exact) mass is 479 g/mol. The summed E-state index contributed by atoms with van der Waals surface area (Å²) in [7, 11) is 1.51. The van der Waals surface area contributed by atoms with Gasteiger partial charge in [-0.25, -0.2) is 4.79 Å². The zero-order chi connectivity index (χ0) is 23.4. The van der Waals surface area contributed by atoms with Gasteiger partial charge in [0.2, 0.25) is 0 Å². The standard InChI is InChI=1S/C22H23Cl2N3O5/c1-32-19-5-2-12(8-17(19)24)11-26-20(28)16-10-14(23)3-4-15(16)18-9-13(21(29)30)6-7-27(18)22(25)31/h2-5,8,10,13,18H,6-7,9,11H2,1H3,(H2,25,31)(H,26,28)(H,29,30). The number of nitrogens with two attached hydrogens (primary N) is 1. The third kappa shape index (κ3) is 5.26. The van der Waals surface area contributed by atoms with Crippen LogP contribution in [0.4, 0.5) is 4.79 Å². The molecule has 1 heterocycles. The second-order valence-corrected chi connectivity index (χ2v) is 8.33. The van der Waals surface area contributed by atoms with Gasteiger partial charge in [0.1, 0.15) is 5.75 Å². The van der Waals surface area contributed by atoms with Crippen molar-refractivity contribution in [3.05, 3.63) is 63.1 Å². The van der Waals surface area contributed by atoms with Crippen molar-refractivity contribution in [2.24, 2.45) is 11.7 Å². The summed E-state index contributed by atoms with van der Waals surface area (Å²) in [5.41, 5.74) is 7.03. The summed E-state index contributed by atoms with van der Waals surface area (Å²) in [6, 6.07) is 8.56. The lowest BCUT2D eigenvalue weighted by Crippen LogP contribution is -2.45. The number of carboxylic acid groups (broad SMARTS) is 1. The Bertz CT molecular complexity index is 1050. The first kappa shape index (κ1) is 23.7. The number of rotatable bonds is 6. The van der Waals surface area contributed by atoms with Gasteiger partial charge in [-0.3, -0.25) is 9.59 Å². The highest BCUT2D eigenvalue weighted by atomic mass is 35.5. The van der Waals surface area contributed by atoms with E-state index in [2.05, 4.69) is 5.32 Å². The quantitative estimate of drug-likeness (QED) is 0.580. The largest absolute Gasteiger partial charge is 0.495 e. The molecule has 0 radical (unpaired) electrons. The van der Waals surface area contributed by atoms with Crippen molar-refractivity contribution in [3.63, 3.8) is 0 Å². The Morgan fingerprint density at radius 3 is 2.59 bits per heavy atom. The first-order chi connectivity index (χ1) is 15.2. The van der Waals surface area contributed by atoms with E-state index in [0.29, 0.717) is 27.8 Å². The van der Waals surface area contributed by atoms with Gasteiger partial charge in [0.15, 0.2) is 0 Å². The van der Waals surface area contributed by atoms with E-state index in [1.165, 1.54) is 18.1 Å². The molecule has 0 bridgehead atoms. The molecule has 3 rings (SSSR count). The highest BCUT2D eigenvalue weighted by Crippen LogP contribution is 2.36. The number of urea groups is 1. The lowest BCUT2D eigenvalue weighted by Gasteiger charge is -2.38. The van der Waals surface area contributed by atoms with Crippen LogP contribution < -0.4 is 15.8 Å². The van der Waals surface area contributed by atoms with Crippen molar-refractivity contribution in [2.75, 3.05) is 13.7 Å². The maximum Gasteiger partial charge on any atom is 0.315 e. The fourth-order valence-electron chi connectivity index (χ4n) is 3.86. The van der Waals surface area contributed by atoms with E-state index in [-0.39, 0.29) is 25.1 Å². The number of methoxy groups -OCH3 is 1. The SMILES string of the molecule is COc1ccc(CNC(=O)c2cc(Cl)ccc2C2CC(C(=O)O)CCN2C(N)=O)cc1Cl. The van der Waals surface area contributed by atoms with Gasteiger partial charge in [-0.2, -0.15) is 0 Å². The molecule has 1 aliphatic heterocycles. The van der Waals surface area contributed by atoms with Crippen LogP contribution in [0.25, 0.3) is 0 Å². The van der Waals surface area contributed by atoms with E-state index in [1.54, 1.807) is 30.3 Å². The number of carbonyl (C=O) groups excluding carboxylic acids is 2. The van der Waals surface area contributed by atoms with E-state index in [9.17, 15) is 19.5 Å². The normalized spacial score (nSPS) is 18.2. The molecule has 2 unspecified atom stereocenters. The number of hydrogen-bond acceptors (Lipinski definition) is 4. The third-order valence-electron chi connectivity index (χ3n) is 5.52. The van der Waals surface area contributed by atoms with E-state index in [1.807, 2.05) is 0 Å². The molecule has 10 heteroatoms. The third-order valence-corrected chi connectivity index (χ3v) is 6.05. The molecule has 2 atom stereocenters. The molecular formula is C22H23Cl2N3O5. The van der Waals surface area contributed by atoms with Crippen molar-refractivity contribution in [1.29, 1.82) is 0 Å². The number of nitrogens with one attached hydrogen (secondary N) is 1. The van der Waals surface area contributed by atoms with Crippen LogP contribution in [0.3, 0.4) is 0 Å². The van der Waals surface area contributed by atoms with Crippen molar-refractivity contribution in [3.8, 4) is 5.75 Å². The van der Waals surface area contributed by atoms with E-state index in [0.717, 1.165) is 5.56 Å². The van der Waals surface area contributed by atoms with Crippen LogP contribution in [-0.2, 0) is 11.3 Å². The molecule has 8 nitrogen and oxygen atoms in total. The molecule has 0 aromatic heterocycles. The number of likely N-dealkylation sites (tertiary alicyclic amines) is 1. The molecule has 4 N–H and O–H groups in total. The fraction of sp³-hybridized carbons (Fsp3) is 0.318. The molecule has 32 heavy (non-hydrogen) atoms. The summed E-state index contributed by atoms with van der Waals surface area (Å²) in [5, 5.41) is 13.0. The number of primary amides is 1.